The maximum absolute atomic E-state index is 12.6. The molecule has 2 aliphatic rings. The number of piperidine rings is 2. The summed E-state index contributed by atoms with van der Waals surface area (Å²) in [5.41, 5.74) is -0.595. The van der Waals surface area contributed by atoms with Crippen molar-refractivity contribution in [2.45, 2.75) is 131 Å². The van der Waals surface area contributed by atoms with E-state index in [1.807, 2.05) is 0 Å². The van der Waals surface area contributed by atoms with E-state index in [1.165, 1.54) is 18.7 Å². The standard InChI is InChI=1S/C17H26Cl3NO5.C15H21Cl3F2N2O5.C5H9FO3/c1-11(8-13(22)26-16(2,3)4)14(23)21-7-5-6-12(9-21)15(24)25-10-17(18,19)20;1-8(21-12(24)10(23)5-11(19)20)13(25)22-4-2-3-9(6-22)14(26)27-7-15(16,17)18;1-3(6)2-4(7)5(8)9/h11-12H,5-10H2,1-4H3;8-11,23H,2-7H2,1H3,(H,21,24);3-4,7H,2H2,1H3,(H,8,9)/t11-,12-;8-,9+,10-;3?,4-/m100/s1. The van der Waals surface area contributed by atoms with Crippen molar-refractivity contribution in [1.29, 1.82) is 0 Å². The van der Waals surface area contributed by atoms with Crippen molar-refractivity contribution >= 4 is 111 Å². The molecule has 2 aliphatic heterocycles. The number of carbonyl (C=O) groups is 7. The molecule has 7 atom stereocenters. The summed E-state index contributed by atoms with van der Waals surface area (Å²) in [6.45, 7) is 9.97. The zero-order valence-electron chi connectivity index (χ0n) is 35.0. The van der Waals surface area contributed by atoms with Crippen LogP contribution in [-0.2, 0) is 47.8 Å². The molecule has 2 rings (SSSR count). The molecular formula is C37H56Cl6F3N3O13. The molecule has 0 aromatic rings. The van der Waals surface area contributed by atoms with E-state index in [0.29, 0.717) is 38.8 Å². The first kappa shape index (κ1) is 59.7. The van der Waals surface area contributed by atoms with E-state index in [4.69, 9.17) is 94.0 Å². The number of aliphatic hydroxyl groups excluding tert-OH is 2. The van der Waals surface area contributed by atoms with E-state index in [2.05, 4.69) is 5.32 Å². The summed E-state index contributed by atoms with van der Waals surface area (Å²) in [6, 6.07) is -1.05. The van der Waals surface area contributed by atoms with Crippen LogP contribution in [0.4, 0.5) is 13.2 Å². The number of carboxylic acid groups (broad SMARTS) is 1. The first-order chi connectivity index (χ1) is 28.2. The molecule has 16 nitrogen and oxygen atoms in total. The monoisotopic (exact) mass is 1020 g/mol. The number of amides is 3. The number of rotatable bonds is 15. The van der Waals surface area contributed by atoms with Gasteiger partial charge < -0.3 is 44.6 Å². The lowest BCUT2D eigenvalue weighted by Crippen LogP contribution is -2.52. The molecule has 0 aromatic heterocycles. The molecule has 62 heavy (non-hydrogen) atoms. The lowest BCUT2D eigenvalue weighted by atomic mass is 9.96. The highest BCUT2D eigenvalue weighted by atomic mass is 35.6. The molecule has 0 saturated carbocycles. The Bertz CT molecular complexity index is 1490. The zero-order chi connectivity index (χ0) is 48.3. The third-order valence-corrected chi connectivity index (χ3v) is 9.12. The number of hydrogen-bond donors (Lipinski definition) is 4. The summed E-state index contributed by atoms with van der Waals surface area (Å²) in [5.74, 6) is -6.25. The molecule has 0 aromatic carbocycles. The van der Waals surface area contributed by atoms with E-state index in [1.54, 1.807) is 32.6 Å². The van der Waals surface area contributed by atoms with Gasteiger partial charge in [0, 0.05) is 44.9 Å². The summed E-state index contributed by atoms with van der Waals surface area (Å²) >= 11 is 33.3. The first-order valence-corrected chi connectivity index (χ1v) is 21.6. The van der Waals surface area contributed by atoms with E-state index in [9.17, 15) is 51.8 Å². The van der Waals surface area contributed by atoms with Crippen LogP contribution >= 0.6 is 69.6 Å². The van der Waals surface area contributed by atoms with Crippen LogP contribution < -0.4 is 5.32 Å². The van der Waals surface area contributed by atoms with Gasteiger partial charge in [0.25, 0.3) is 0 Å². The lowest BCUT2D eigenvalue weighted by molar-refractivity contribution is -0.159. The number of likely N-dealkylation sites (tertiary alicyclic amines) is 2. The van der Waals surface area contributed by atoms with Crippen LogP contribution in [0.25, 0.3) is 0 Å². The summed E-state index contributed by atoms with van der Waals surface area (Å²) in [5, 5.41) is 28.0. The van der Waals surface area contributed by atoms with Crippen LogP contribution in [0.15, 0.2) is 0 Å². The molecule has 0 aliphatic carbocycles. The molecule has 4 N–H and O–H groups in total. The van der Waals surface area contributed by atoms with Crippen molar-refractivity contribution < 1.29 is 76.3 Å². The van der Waals surface area contributed by atoms with Crippen LogP contribution in [0.2, 0.25) is 0 Å². The molecule has 2 saturated heterocycles. The minimum Gasteiger partial charge on any atom is -0.479 e. The second-order valence-electron chi connectivity index (χ2n) is 15.6. The molecular weight excluding hydrogens is 964 g/mol. The third-order valence-electron chi connectivity index (χ3n) is 8.47. The highest BCUT2D eigenvalue weighted by Crippen LogP contribution is 2.29. The van der Waals surface area contributed by atoms with Gasteiger partial charge in [0.1, 0.15) is 37.1 Å². The number of ether oxygens (including phenoxy) is 3. The van der Waals surface area contributed by atoms with Gasteiger partial charge in [-0.05, 0) is 60.3 Å². The number of carbonyl (C=O) groups excluding carboxylic acids is 6. The molecule has 360 valence electrons. The zero-order valence-corrected chi connectivity index (χ0v) is 39.6. The van der Waals surface area contributed by atoms with Gasteiger partial charge in [0.2, 0.25) is 31.7 Å². The summed E-state index contributed by atoms with van der Waals surface area (Å²) in [6.07, 6.45) is -6.69. The molecule has 2 heterocycles. The maximum atomic E-state index is 12.6. The Balaban J connectivity index is 0.00000100. The minimum atomic E-state index is -2.85. The minimum absolute atomic E-state index is 0.00498. The van der Waals surface area contributed by atoms with Crippen molar-refractivity contribution in [2.75, 3.05) is 39.4 Å². The van der Waals surface area contributed by atoms with Crippen LogP contribution in [0.3, 0.4) is 0 Å². The van der Waals surface area contributed by atoms with Crippen molar-refractivity contribution in [1.82, 2.24) is 15.1 Å². The highest BCUT2D eigenvalue weighted by molar-refractivity contribution is 6.68. The Morgan fingerprint density at radius 1 is 0.726 bits per heavy atom. The predicted octanol–water partition coefficient (Wildman–Crippen LogP) is 5.35. The van der Waals surface area contributed by atoms with Gasteiger partial charge in [0.05, 0.1) is 18.3 Å². The summed E-state index contributed by atoms with van der Waals surface area (Å²) < 4.78 is 48.1. The largest absolute Gasteiger partial charge is 0.479 e. The molecule has 3 amide bonds. The average molecular weight is 1020 g/mol. The van der Waals surface area contributed by atoms with Crippen molar-refractivity contribution in [2.24, 2.45) is 17.8 Å². The maximum Gasteiger partial charge on any atom is 0.332 e. The van der Waals surface area contributed by atoms with E-state index in [0.717, 1.165) is 0 Å². The first-order valence-electron chi connectivity index (χ1n) is 19.3. The Morgan fingerprint density at radius 2 is 1.16 bits per heavy atom. The fourth-order valence-electron chi connectivity index (χ4n) is 5.64. The van der Waals surface area contributed by atoms with Gasteiger partial charge >= 0.3 is 23.9 Å². The summed E-state index contributed by atoms with van der Waals surface area (Å²) in [7, 11) is 0. The van der Waals surface area contributed by atoms with Crippen molar-refractivity contribution in [3.05, 3.63) is 0 Å². The smallest absolute Gasteiger partial charge is 0.332 e. The van der Waals surface area contributed by atoms with E-state index in [-0.39, 0.29) is 38.4 Å². The van der Waals surface area contributed by atoms with Gasteiger partial charge in [0.15, 0.2) is 6.10 Å². The lowest BCUT2D eigenvalue weighted by Gasteiger charge is -2.33. The normalized spacial score (nSPS) is 19.5. The number of carboxylic acids is 1. The van der Waals surface area contributed by atoms with E-state index >= 15 is 0 Å². The SMILES string of the molecule is CC(F)C[C@H](O)C(=O)O.C[C@H](CC(=O)OC(C)(C)C)C(=O)N1CCC[C@@H](C(=O)OCC(Cl)(Cl)Cl)C1.C[C@H](NC(=O)[C@@H](O)CC(F)F)C(=O)N1CCC[C@@H](C(=O)OCC(Cl)(Cl)Cl)C1. The quantitative estimate of drug-likeness (QED) is 0.0924. The third kappa shape index (κ3) is 27.2. The van der Waals surface area contributed by atoms with Gasteiger partial charge in [-0.1, -0.05) is 76.5 Å². The van der Waals surface area contributed by atoms with Crippen LogP contribution in [0.5, 0.6) is 0 Å². The van der Waals surface area contributed by atoms with Gasteiger partial charge in [-0.15, -0.1) is 0 Å². The van der Waals surface area contributed by atoms with Gasteiger partial charge in [-0.25, -0.2) is 18.0 Å². The molecule has 0 bridgehead atoms. The number of esters is 3. The molecule has 0 spiro atoms. The predicted molar refractivity (Wildman–Crippen MR) is 224 cm³/mol. The number of alkyl halides is 9. The van der Waals surface area contributed by atoms with Crippen LogP contribution in [0.1, 0.15) is 86.5 Å². The fourth-order valence-corrected chi connectivity index (χ4v) is 5.97. The molecule has 1 unspecified atom stereocenters. The van der Waals surface area contributed by atoms with E-state index < -0.39 is 111 Å². The van der Waals surface area contributed by atoms with Gasteiger partial charge in [-0.3, -0.25) is 28.8 Å². The number of nitrogens with one attached hydrogen (secondary N) is 1. The number of hydrogen-bond acceptors (Lipinski definition) is 12. The second-order valence-corrected chi connectivity index (χ2v) is 20.7. The molecule has 2 fully saturated rings. The van der Waals surface area contributed by atoms with Crippen molar-refractivity contribution in [3.63, 3.8) is 0 Å². The fraction of sp³-hybridized carbons (Fsp3) is 0.811. The Morgan fingerprint density at radius 3 is 1.52 bits per heavy atom. The Hall–Kier alpha value is -2.26. The topological polar surface area (TPSA) is 226 Å². The average Bonchev–Trinajstić information content (AvgIpc) is 3.13. The Labute approximate surface area is 388 Å². The van der Waals surface area contributed by atoms with Crippen LogP contribution in [-0.4, -0.2) is 150 Å². The van der Waals surface area contributed by atoms with Crippen LogP contribution in [0, 0.1) is 17.8 Å². The van der Waals surface area contributed by atoms with Crippen molar-refractivity contribution in [3.8, 4) is 0 Å². The molecule has 0 radical (unpaired) electrons. The highest BCUT2D eigenvalue weighted by Gasteiger charge is 2.36. The Kier molecular flexibility index (Phi) is 26.9. The number of nitrogens with zero attached hydrogens (tertiary/aromatic N) is 2. The number of aliphatic hydroxyl groups is 2. The molecule has 25 heteroatoms. The second kappa shape index (κ2) is 27.9. The number of halogens is 9. The number of aliphatic carboxylic acids is 1. The summed E-state index contributed by atoms with van der Waals surface area (Å²) in [4.78, 5) is 85.5. The van der Waals surface area contributed by atoms with Gasteiger partial charge in [-0.2, -0.15) is 0 Å².